The van der Waals surface area contributed by atoms with Crippen molar-refractivity contribution in [3.8, 4) is 5.75 Å². The van der Waals surface area contributed by atoms with Crippen molar-refractivity contribution in [2.24, 2.45) is 15.7 Å². The highest BCUT2D eigenvalue weighted by atomic mass is 16.5. The van der Waals surface area contributed by atoms with Crippen molar-refractivity contribution < 1.29 is 4.74 Å². The number of aliphatic imine (C=N–C) groups is 2. The second-order valence-electron chi connectivity index (χ2n) is 4.85. The summed E-state index contributed by atoms with van der Waals surface area (Å²) in [5.41, 5.74) is 6.89. The normalized spacial score (nSPS) is 14.6. The van der Waals surface area contributed by atoms with Gasteiger partial charge in [0.1, 0.15) is 17.8 Å². The number of ether oxygens (including phenoxy) is 1. The minimum atomic E-state index is -0.160. The van der Waals surface area contributed by atoms with Crippen LogP contribution in [0.25, 0.3) is 0 Å². The summed E-state index contributed by atoms with van der Waals surface area (Å²) in [6, 6.07) is 7.90. The average Bonchev–Trinajstić information content (AvgIpc) is 3.13. The van der Waals surface area contributed by atoms with E-state index in [4.69, 9.17) is 4.74 Å². The van der Waals surface area contributed by atoms with Crippen molar-refractivity contribution in [3.05, 3.63) is 53.6 Å². The highest BCUT2D eigenvalue weighted by Gasteiger charge is 2.12. The van der Waals surface area contributed by atoms with Crippen molar-refractivity contribution in [2.45, 2.75) is 19.5 Å². The minimum absolute atomic E-state index is 0.160. The van der Waals surface area contributed by atoms with E-state index in [1.165, 1.54) is 12.6 Å². The number of rotatable bonds is 6. The van der Waals surface area contributed by atoms with Crippen LogP contribution in [0, 0.1) is 0 Å². The molecule has 0 bridgehead atoms. The van der Waals surface area contributed by atoms with Crippen LogP contribution in [-0.4, -0.2) is 33.3 Å². The largest absolute Gasteiger partial charge is 0.497 e. The molecule has 124 valence electrons. The molecular weight excluding hydrogens is 288 g/mol. The van der Waals surface area contributed by atoms with Gasteiger partial charge in [0, 0.05) is 6.54 Å². The molecule has 0 amide bonds. The first-order valence-corrected chi connectivity index (χ1v) is 7.53. The number of hydrogen-bond acceptors (Lipinski definition) is 4. The van der Waals surface area contributed by atoms with Crippen LogP contribution in [0.1, 0.15) is 25.1 Å². The zero-order valence-electron chi connectivity index (χ0n) is 14.1. The van der Waals surface area contributed by atoms with Crippen LogP contribution >= 0.6 is 0 Å². The fourth-order valence-corrected chi connectivity index (χ4v) is 2.13. The zero-order valence-corrected chi connectivity index (χ0v) is 14.1. The Labute approximate surface area is 138 Å². The van der Waals surface area contributed by atoms with Gasteiger partial charge in [-0.25, -0.2) is 9.98 Å². The molecule has 5 nitrogen and oxygen atoms in total. The van der Waals surface area contributed by atoms with E-state index < -0.39 is 0 Å². The lowest BCUT2D eigenvalue weighted by Gasteiger charge is -2.17. The number of amidine groups is 1. The number of nitrogens with one attached hydrogen (secondary N) is 1. The van der Waals surface area contributed by atoms with Crippen molar-refractivity contribution in [1.29, 1.82) is 0 Å². The lowest BCUT2D eigenvalue weighted by atomic mass is 10.1. The van der Waals surface area contributed by atoms with E-state index in [1.807, 2.05) is 31.2 Å². The highest BCUT2D eigenvalue weighted by Crippen LogP contribution is 2.21. The Morgan fingerprint density at radius 3 is 2.83 bits per heavy atom. The predicted molar refractivity (Wildman–Crippen MR) is 98.3 cm³/mol. The molecule has 0 heterocycles. The van der Waals surface area contributed by atoms with Crippen LogP contribution in [0.3, 0.4) is 0 Å². The topological polar surface area (TPSA) is 72.0 Å². The van der Waals surface area contributed by atoms with Crippen LogP contribution in [0.15, 0.2) is 58.1 Å². The summed E-state index contributed by atoms with van der Waals surface area (Å²) in [6.45, 7) is 6.16. The minimum Gasteiger partial charge on any atom is -0.497 e. The first-order valence-electron chi connectivity index (χ1n) is 7.53. The third kappa shape index (κ3) is 6.18. The molecule has 23 heavy (non-hydrogen) atoms. The summed E-state index contributed by atoms with van der Waals surface area (Å²) in [4.78, 5) is 8.45. The van der Waals surface area contributed by atoms with Crippen LogP contribution in [0.2, 0.25) is 0 Å². The molecule has 0 fully saturated rings. The molecule has 1 aliphatic carbocycles. The van der Waals surface area contributed by atoms with E-state index >= 15 is 0 Å². The van der Waals surface area contributed by atoms with Crippen LogP contribution in [0.4, 0.5) is 0 Å². The van der Waals surface area contributed by atoms with Crippen LogP contribution in [-0.2, 0) is 0 Å². The molecular formula is C18H26N4O. The molecule has 1 aromatic carbocycles. The highest BCUT2D eigenvalue weighted by molar-refractivity contribution is 5.83. The Bertz CT molecular complexity index is 590. The molecule has 0 aliphatic heterocycles. The first kappa shape index (κ1) is 18.8. The fourth-order valence-electron chi connectivity index (χ4n) is 2.13. The molecule has 0 spiro atoms. The number of benzene rings is 1. The molecule has 0 saturated heterocycles. The maximum absolute atomic E-state index is 5.28. The second kappa shape index (κ2) is 10.5. The summed E-state index contributed by atoms with van der Waals surface area (Å²) < 4.78 is 5.28. The number of allylic oxidation sites excluding steroid dienone is 3. The molecule has 1 aliphatic rings. The first-order chi connectivity index (χ1) is 11.2. The number of nitrogens with zero attached hydrogens (tertiary/aromatic N) is 2. The summed E-state index contributed by atoms with van der Waals surface area (Å²) in [5.74, 6) is 1.48. The Kier molecular flexibility index (Phi) is 8.57. The summed E-state index contributed by atoms with van der Waals surface area (Å²) >= 11 is 0. The second-order valence-corrected chi connectivity index (χ2v) is 4.85. The monoisotopic (exact) mass is 314 g/mol. The van der Waals surface area contributed by atoms with E-state index in [0.717, 1.165) is 24.3 Å². The van der Waals surface area contributed by atoms with Crippen molar-refractivity contribution in [3.63, 3.8) is 0 Å². The van der Waals surface area contributed by atoms with Gasteiger partial charge in [-0.2, -0.15) is 0 Å². The molecule has 1 unspecified atom stereocenters. The summed E-state index contributed by atoms with van der Waals surface area (Å²) in [7, 11) is 3.16. The Hall–Kier alpha value is -2.24. The Morgan fingerprint density at radius 1 is 1.43 bits per heavy atom. The number of hydrogen-bond donors (Lipinski definition) is 2. The number of methoxy groups -OCH3 is 1. The van der Waals surface area contributed by atoms with Crippen molar-refractivity contribution in [1.82, 2.24) is 5.32 Å². The van der Waals surface area contributed by atoms with Crippen molar-refractivity contribution in [2.75, 3.05) is 20.7 Å². The maximum atomic E-state index is 5.28. The van der Waals surface area contributed by atoms with Gasteiger partial charge in [-0.15, -0.1) is 0 Å². The average molecular weight is 314 g/mol. The molecule has 0 aromatic heterocycles. The third-order valence-electron chi connectivity index (χ3n) is 3.32. The van der Waals surface area contributed by atoms with Gasteiger partial charge in [0.15, 0.2) is 0 Å². The summed E-state index contributed by atoms with van der Waals surface area (Å²) in [5, 5.41) is 3.46. The Morgan fingerprint density at radius 2 is 2.22 bits per heavy atom. The fraction of sp³-hybridized carbons (Fsp3) is 0.333. The maximum Gasteiger partial charge on any atom is 0.128 e. The van der Waals surface area contributed by atoms with E-state index in [1.54, 1.807) is 7.11 Å². The third-order valence-corrected chi connectivity index (χ3v) is 3.32. The molecule has 1 atom stereocenters. The molecule has 0 saturated carbocycles. The van der Waals surface area contributed by atoms with Gasteiger partial charge in [0.25, 0.3) is 0 Å². The summed E-state index contributed by atoms with van der Waals surface area (Å²) in [6.07, 6.45) is 7.21. The van der Waals surface area contributed by atoms with Gasteiger partial charge < -0.3 is 10.5 Å². The molecule has 5 heteroatoms. The lowest BCUT2D eigenvalue weighted by molar-refractivity contribution is 0.413. The number of nitrogens with two attached hydrogens (primary N) is 1. The van der Waals surface area contributed by atoms with Gasteiger partial charge in [0.05, 0.1) is 7.11 Å². The van der Waals surface area contributed by atoms with Gasteiger partial charge in [-0.1, -0.05) is 35.9 Å². The molecule has 3 N–H and O–H groups in total. The smallest absolute Gasteiger partial charge is 0.128 e. The quantitative estimate of drug-likeness (QED) is 0.626. The van der Waals surface area contributed by atoms with E-state index in [0.29, 0.717) is 5.84 Å². The van der Waals surface area contributed by atoms with E-state index in [9.17, 15) is 0 Å². The van der Waals surface area contributed by atoms with Gasteiger partial charge in [-0.05, 0) is 44.8 Å². The van der Waals surface area contributed by atoms with Crippen LogP contribution < -0.4 is 15.8 Å². The van der Waals surface area contributed by atoms with Gasteiger partial charge in [-0.3, -0.25) is 5.32 Å². The SMILES string of the molecule is C=N/C(C)=N\C(NCC1=CC=CC1)c1cccc(OC)c1.CN. The van der Waals surface area contributed by atoms with Gasteiger partial charge in [0.2, 0.25) is 0 Å². The van der Waals surface area contributed by atoms with Gasteiger partial charge >= 0.3 is 0 Å². The van der Waals surface area contributed by atoms with Crippen LogP contribution in [0.5, 0.6) is 5.75 Å². The van der Waals surface area contributed by atoms with Crippen molar-refractivity contribution >= 4 is 12.6 Å². The predicted octanol–water partition coefficient (Wildman–Crippen LogP) is 2.86. The Balaban J connectivity index is 0.00000127. The standard InChI is InChI=1S/C17H21N3O.CH5N/c1-13(18-2)20-17(19-12-14-7-4-5-8-14)15-9-6-10-16(11-15)21-3;1-2/h4-7,9-11,17,19H,2,8,12H2,1,3H3;2H2,1H3/b20-13-;. The van der Waals surface area contributed by atoms with E-state index in [2.05, 4.69) is 46.0 Å². The molecule has 2 rings (SSSR count). The zero-order chi connectivity index (χ0) is 17.1. The molecule has 0 radical (unpaired) electrons. The molecule has 1 aromatic rings. The van der Waals surface area contributed by atoms with E-state index in [-0.39, 0.29) is 6.17 Å². The lowest BCUT2D eigenvalue weighted by Crippen LogP contribution is -2.22.